The number of nitro groups is 1. The molecule has 0 aliphatic heterocycles. The van der Waals surface area contributed by atoms with Crippen molar-refractivity contribution >= 4 is 28.7 Å². The molecular weight excluding hydrogens is 316 g/mol. The number of hydrogen-bond acceptors (Lipinski definition) is 5. The van der Waals surface area contributed by atoms with E-state index in [1.54, 1.807) is 19.2 Å². The fourth-order valence-electron chi connectivity index (χ4n) is 2.05. The standard InChI is InChI=1S/C15H18N4O3S/c1-4-15(3,13-16-7-8-23-13)18-14(20)17-12-9-11(19(21)22)6-5-10(12)2/h5-9H,4H2,1-3H3,(H2,17,18,20)/t15-/m1/s1. The number of nitrogens with one attached hydrogen (secondary N) is 2. The Morgan fingerprint density at radius 1 is 1.48 bits per heavy atom. The Morgan fingerprint density at radius 2 is 2.22 bits per heavy atom. The molecule has 8 heteroatoms. The van der Waals surface area contributed by atoms with E-state index in [0.717, 1.165) is 10.6 Å². The van der Waals surface area contributed by atoms with Crippen LogP contribution in [0.25, 0.3) is 0 Å². The Labute approximate surface area is 137 Å². The van der Waals surface area contributed by atoms with Crippen molar-refractivity contribution in [3.05, 3.63) is 50.5 Å². The van der Waals surface area contributed by atoms with Crippen LogP contribution in [-0.4, -0.2) is 15.9 Å². The zero-order chi connectivity index (χ0) is 17.0. The number of thiazole rings is 1. The second-order valence-corrected chi connectivity index (χ2v) is 6.25. The van der Waals surface area contributed by atoms with Gasteiger partial charge in [0.05, 0.1) is 16.1 Å². The lowest BCUT2D eigenvalue weighted by molar-refractivity contribution is -0.384. The fraction of sp³-hybridized carbons (Fsp3) is 0.333. The van der Waals surface area contributed by atoms with Gasteiger partial charge in [-0.15, -0.1) is 11.3 Å². The maximum Gasteiger partial charge on any atom is 0.320 e. The lowest BCUT2D eigenvalue weighted by Crippen LogP contribution is -2.45. The Bertz CT molecular complexity index is 718. The highest BCUT2D eigenvalue weighted by Crippen LogP contribution is 2.27. The van der Waals surface area contributed by atoms with Crippen LogP contribution in [0.4, 0.5) is 16.2 Å². The lowest BCUT2D eigenvalue weighted by Gasteiger charge is -2.27. The summed E-state index contributed by atoms with van der Waals surface area (Å²) in [5.74, 6) is 0. The van der Waals surface area contributed by atoms with Crippen LogP contribution in [0, 0.1) is 17.0 Å². The number of aryl methyl sites for hydroxylation is 1. The van der Waals surface area contributed by atoms with Gasteiger partial charge in [-0.3, -0.25) is 10.1 Å². The number of rotatable bonds is 5. The summed E-state index contributed by atoms with van der Waals surface area (Å²) in [6, 6.07) is 3.94. The van der Waals surface area contributed by atoms with Crippen LogP contribution in [-0.2, 0) is 5.54 Å². The van der Waals surface area contributed by atoms with Crippen LogP contribution >= 0.6 is 11.3 Å². The third kappa shape index (κ3) is 3.84. The summed E-state index contributed by atoms with van der Waals surface area (Å²) in [6.45, 7) is 5.63. The number of carbonyl (C=O) groups excluding carboxylic acids is 1. The second kappa shape index (κ2) is 6.74. The van der Waals surface area contributed by atoms with Crippen molar-refractivity contribution in [1.82, 2.24) is 10.3 Å². The highest BCUT2D eigenvalue weighted by atomic mass is 32.1. The minimum Gasteiger partial charge on any atom is -0.326 e. The van der Waals surface area contributed by atoms with E-state index in [1.807, 2.05) is 19.2 Å². The van der Waals surface area contributed by atoms with E-state index in [4.69, 9.17) is 0 Å². The van der Waals surface area contributed by atoms with Crippen LogP contribution in [0.1, 0.15) is 30.8 Å². The van der Waals surface area contributed by atoms with Crippen molar-refractivity contribution in [2.75, 3.05) is 5.32 Å². The third-order valence-corrected chi connectivity index (χ3v) is 4.72. The maximum absolute atomic E-state index is 12.3. The normalized spacial score (nSPS) is 13.2. The van der Waals surface area contributed by atoms with E-state index < -0.39 is 16.5 Å². The zero-order valence-electron chi connectivity index (χ0n) is 13.1. The molecule has 2 aromatic rings. The van der Waals surface area contributed by atoms with Gasteiger partial charge < -0.3 is 10.6 Å². The van der Waals surface area contributed by atoms with E-state index in [2.05, 4.69) is 15.6 Å². The molecule has 0 radical (unpaired) electrons. The van der Waals surface area contributed by atoms with Gasteiger partial charge in [-0.05, 0) is 25.8 Å². The second-order valence-electron chi connectivity index (χ2n) is 5.36. The van der Waals surface area contributed by atoms with Crippen molar-refractivity contribution in [2.24, 2.45) is 0 Å². The molecule has 0 aliphatic carbocycles. The smallest absolute Gasteiger partial charge is 0.320 e. The third-order valence-electron chi connectivity index (χ3n) is 3.68. The van der Waals surface area contributed by atoms with Crippen LogP contribution in [0.3, 0.4) is 0 Å². The van der Waals surface area contributed by atoms with E-state index in [-0.39, 0.29) is 5.69 Å². The quantitative estimate of drug-likeness (QED) is 0.642. The number of non-ortho nitro benzene ring substituents is 1. The minimum absolute atomic E-state index is 0.0657. The number of hydrogen-bond donors (Lipinski definition) is 2. The molecule has 2 rings (SSSR count). The van der Waals surface area contributed by atoms with Crippen molar-refractivity contribution in [3.8, 4) is 0 Å². The SMILES string of the molecule is CC[C@@](C)(NC(=O)Nc1cc([N+](=O)[O-])ccc1C)c1nccs1. The number of carbonyl (C=O) groups is 1. The number of amides is 2. The van der Waals surface area contributed by atoms with Crippen LogP contribution in [0.2, 0.25) is 0 Å². The molecule has 1 atom stereocenters. The average Bonchev–Trinajstić information content (AvgIpc) is 3.04. The summed E-state index contributed by atoms with van der Waals surface area (Å²) in [5, 5.41) is 19.1. The van der Waals surface area contributed by atoms with E-state index in [9.17, 15) is 14.9 Å². The monoisotopic (exact) mass is 334 g/mol. The van der Waals surface area contributed by atoms with Gasteiger partial charge in [0, 0.05) is 23.7 Å². The molecule has 0 saturated heterocycles. The average molecular weight is 334 g/mol. The van der Waals surface area contributed by atoms with Gasteiger partial charge >= 0.3 is 6.03 Å². The first kappa shape index (κ1) is 16.9. The van der Waals surface area contributed by atoms with Crippen LogP contribution in [0.15, 0.2) is 29.8 Å². The molecule has 122 valence electrons. The fourth-order valence-corrected chi connectivity index (χ4v) is 2.88. The minimum atomic E-state index is -0.590. The van der Waals surface area contributed by atoms with Crippen molar-refractivity contribution in [2.45, 2.75) is 32.7 Å². The number of urea groups is 1. The Hall–Kier alpha value is -2.48. The first-order valence-corrected chi connectivity index (χ1v) is 7.98. The highest BCUT2D eigenvalue weighted by molar-refractivity contribution is 7.09. The number of benzene rings is 1. The molecule has 0 fully saturated rings. The van der Waals surface area contributed by atoms with Crippen LogP contribution < -0.4 is 10.6 Å². The molecule has 1 aromatic heterocycles. The first-order valence-electron chi connectivity index (χ1n) is 7.10. The molecule has 0 unspecified atom stereocenters. The first-order chi connectivity index (χ1) is 10.9. The summed E-state index contributed by atoms with van der Waals surface area (Å²) in [6.07, 6.45) is 2.36. The van der Waals surface area contributed by atoms with Gasteiger partial charge in [-0.25, -0.2) is 9.78 Å². The van der Waals surface area contributed by atoms with E-state index in [0.29, 0.717) is 12.1 Å². The summed E-state index contributed by atoms with van der Waals surface area (Å²) < 4.78 is 0. The topological polar surface area (TPSA) is 97.2 Å². The van der Waals surface area contributed by atoms with Gasteiger partial charge in [-0.1, -0.05) is 13.0 Å². The van der Waals surface area contributed by atoms with Gasteiger partial charge in [0.2, 0.25) is 0 Å². The summed E-state index contributed by atoms with van der Waals surface area (Å²) >= 11 is 1.47. The summed E-state index contributed by atoms with van der Waals surface area (Å²) in [5.41, 5.74) is 0.504. The van der Waals surface area contributed by atoms with Crippen molar-refractivity contribution in [3.63, 3.8) is 0 Å². The van der Waals surface area contributed by atoms with Crippen LogP contribution in [0.5, 0.6) is 0 Å². The molecule has 0 spiro atoms. The number of anilines is 1. The van der Waals surface area contributed by atoms with Crippen molar-refractivity contribution < 1.29 is 9.72 Å². The number of nitrogens with zero attached hydrogens (tertiary/aromatic N) is 2. The van der Waals surface area contributed by atoms with E-state index >= 15 is 0 Å². The molecule has 0 aliphatic rings. The summed E-state index contributed by atoms with van der Waals surface area (Å²) in [4.78, 5) is 26.9. The van der Waals surface area contributed by atoms with Gasteiger partial charge in [0.25, 0.3) is 5.69 Å². The number of nitro benzene ring substituents is 1. The largest absolute Gasteiger partial charge is 0.326 e. The highest BCUT2D eigenvalue weighted by Gasteiger charge is 2.29. The summed E-state index contributed by atoms with van der Waals surface area (Å²) in [7, 11) is 0. The molecule has 0 bridgehead atoms. The van der Waals surface area contributed by atoms with Gasteiger partial charge in [0.15, 0.2) is 0 Å². The predicted octanol–water partition coefficient (Wildman–Crippen LogP) is 3.81. The molecule has 7 nitrogen and oxygen atoms in total. The molecule has 23 heavy (non-hydrogen) atoms. The molecule has 2 N–H and O–H groups in total. The van der Waals surface area contributed by atoms with Gasteiger partial charge in [0.1, 0.15) is 5.01 Å². The molecule has 1 heterocycles. The molecular formula is C15H18N4O3S. The predicted molar refractivity (Wildman–Crippen MR) is 89.7 cm³/mol. The van der Waals surface area contributed by atoms with Gasteiger partial charge in [-0.2, -0.15) is 0 Å². The Balaban J connectivity index is 2.16. The molecule has 1 aromatic carbocycles. The zero-order valence-corrected chi connectivity index (χ0v) is 13.9. The molecule has 0 saturated carbocycles. The van der Waals surface area contributed by atoms with Crippen molar-refractivity contribution in [1.29, 1.82) is 0 Å². The Kier molecular flexibility index (Phi) is 4.95. The number of aromatic nitrogens is 1. The van der Waals surface area contributed by atoms with E-state index in [1.165, 1.54) is 23.5 Å². The Morgan fingerprint density at radius 3 is 2.78 bits per heavy atom. The molecule has 2 amide bonds. The lowest BCUT2D eigenvalue weighted by atomic mass is 10.0. The maximum atomic E-state index is 12.3.